The molecular weight excluding hydrogens is 428 g/mol. The first kappa shape index (κ1) is 22.0. The second-order valence-electron chi connectivity index (χ2n) is 6.14. The van der Waals surface area contributed by atoms with E-state index < -0.39 is 20.9 Å². The van der Waals surface area contributed by atoms with Crippen molar-refractivity contribution < 1.29 is 32.0 Å². The number of ether oxygens (including phenoxy) is 2. The number of rotatable bonds is 9. The molecular formula is C20H18N2O8S. The first-order valence-electron chi connectivity index (χ1n) is 9.06. The first-order valence-corrected chi connectivity index (χ1v) is 10.5. The van der Waals surface area contributed by atoms with Gasteiger partial charge in [0.25, 0.3) is 5.69 Å². The van der Waals surface area contributed by atoms with E-state index in [1.807, 2.05) is 0 Å². The molecule has 0 spiro atoms. The first-order chi connectivity index (χ1) is 14.8. The topological polar surface area (TPSA) is 138 Å². The Hall–Kier alpha value is -3.70. The van der Waals surface area contributed by atoms with Crippen LogP contribution in [0.3, 0.4) is 0 Å². The number of non-ortho nitro benzene ring substituents is 1. The van der Waals surface area contributed by atoms with Crippen molar-refractivity contribution >= 4 is 21.7 Å². The predicted octanol–water partition coefficient (Wildman–Crippen LogP) is 3.64. The second-order valence-corrected chi connectivity index (χ2v) is 7.90. The summed E-state index contributed by atoms with van der Waals surface area (Å²) < 4.78 is 43.0. The molecule has 0 unspecified atom stereocenters. The van der Waals surface area contributed by atoms with Gasteiger partial charge in [-0.25, -0.2) is 17.9 Å². The minimum atomic E-state index is -3.84. The van der Waals surface area contributed by atoms with Crippen LogP contribution >= 0.6 is 0 Å². The molecule has 2 aromatic carbocycles. The number of nitro benzene ring substituents is 1. The van der Waals surface area contributed by atoms with E-state index in [0.29, 0.717) is 11.5 Å². The Balaban J connectivity index is 1.61. The normalized spacial score (nSPS) is 11.1. The molecule has 0 aliphatic rings. The maximum absolute atomic E-state index is 12.5. The number of nitro groups is 1. The molecule has 1 heterocycles. The molecule has 0 radical (unpaired) electrons. The van der Waals surface area contributed by atoms with Crippen molar-refractivity contribution in [3.8, 4) is 11.5 Å². The molecule has 3 aromatic rings. The average Bonchev–Trinajstić information content (AvgIpc) is 3.23. The van der Waals surface area contributed by atoms with E-state index in [1.165, 1.54) is 60.7 Å². The molecule has 0 atom stereocenters. The van der Waals surface area contributed by atoms with Crippen LogP contribution in [-0.2, 0) is 21.3 Å². The van der Waals surface area contributed by atoms with Crippen LogP contribution in [0.4, 0.5) is 5.69 Å². The van der Waals surface area contributed by atoms with E-state index in [9.17, 15) is 23.3 Å². The van der Waals surface area contributed by atoms with Gasteiger partial charge in [-0.05, 0) is 55.5 Å². The Labute approximate surface area is 177 Å². The summed E-state index contributed by atoms with van der Waals surface area (Å²) in [6, 6.07) is 14.0. The van der Waals surface area contributed by atoms with Gasteiger partial charge in [0.15, 0.2) is 0 Å². The van der Waals surface area contributed by atoms with Gasteiger partial charge in [0, 0.05) is 12.1 Å². The van der Waals surface area contributed by atoms with Crippen molar-refractivity contribution in [2.45, 2.75) is 18.4 Å². The van der Waals surface area contributed by atoms with Crippen LogP contribution < -0.4 is 9.46 Å². The lowest BCUT2D eigenvalue weighted by molar-refractivity contribution is -0.384. The van der Waals surface area contributed by atoms with Gasteiger partial charge in [-0.2, -0.15) is 0 Å². The van der Waals surface area contributed by atoms with E-state index in [4.69, 9.17) is 13.9 Å². The predicted molar refractivity (Wildman–Crippen MR) is 108 cm³/mol. The average molecular weight is 446 g/mol. The fourth-order valence-corrected chi connectivity index (χ4v) is 3.49. The molecule has 0 saturated heterocycles. The third-order valence-electron chi connectivity index (χ3n) is 3.99. The largest absolute Gasteiger partial charge is 0.460 e. The highest BCUT2D eigenvalue weighted by Gasteiger charge is 2.17. The molecule has 162 valence electrons. The van der Waals surface area contributed by atoms with Gasteiger partial charge in [0.1, 0.15) is 17.3 Å². The summed E-state index contributed by atoms with van der Waals surface area (Å²) in [5, 5.41) is 10.7. The smallest absolute Gasteiger partial charge is 0.374 e. The Kier molecular flexibility index (Phi) is 6.68. The van der Waals surface area contributed by atoms with Crippen LogP contribution in [0.15, 0.2) is 70.0 Å². The molecule has 1 aromatic heterocycles. The van der Waals surface area contributed by atoms with E-state index in [-0.39, 0.29) is 35.3 Å². The Morgan fingerprint density at radius 2 is 1.65 bits per heavy atom. The molecule has 10 nitrogen and oxygen atoms in total. The van der Waals surface area contributed by atoms with E-state index in [1.54, 1.807) is 6.92 Å². The Bertz CT molecular complexity index is 1170. The summed E-state index contributed by atoms with van der Waals surface area (Å²) in [5.41, 5.74) is -0.0641. The minimum absolute atomic E-state index is 0.000668. The number of carbonyl (C=O) groups is 1. The zero-order chi connectivity index (χ0) is 22.4. The van der Waals surface area contributed by atoms with Crippen LogP contribution in [0.5, 0.6) is 11.5 Å². The van der Waals surface area contributed by atoms with Gasteiger partial charge in [-0.15, -0.1) is 0 Å². The van der Waals surface area contributed by atoms with Crippen molar-refractivity contribution in [3.05, 3.63) is 82.3 Å². The molecule has 1 N–H and O–H groups in total. The van der Waals surface area contributed by atoms with E-state index in [0.717, 1.165) is 0 Å². The van der Waals surface area contributed by atoms with Gasteiger partial charge in [-0.3, -0.25) is 10.1 Å². The number of hydrogen-bond acceptors (Lipinski definition) is 8. The van der Waals surface area contributed by atoms with Crippen LogP contribution in [0, 0.1) is 10.1 Å². The minimum Gasteiger partial charge on any atom is -0.460 e. The zero-order valence-corrected chi connectivity index (χ0v) is 17.1. The molecule has 11 heteroatoms. The highest BCUT2D eigenvalue weighted by atomic mass is 32.2. The van der Waals surface area contributed by atoms with Crippen molar-refractivity contribution in [1.29, 1.82) is 0 Å². The lowest BCUT2D eigenvalue weighted by atomic mass is 10.3. The van der Waals surface area contributed by atoms with Gasteiger partial charge in [0.2, 0.25) is 15.8 Å². The summed E-state index contributed by atoms with van der Waals surface area (Å²) in [6.45, 7) is 1.71. The van der Waals surface area contributed by atoms with Crippen LogP contribution in [0.2, 0.25) is 0 Å². The number of nitrogens with zero attached hydrogens (tertiary/aromatic N) is 1. The molecule has 0 saturated carbocycles. The number of sulfonamides is 1. The molecule has 31 heavy (non-hydrogen) atoms. The van der Waals surface area contributed by atoms with Crippen LogP contribution in [0.1, 0.15) is 23.2 Å². The summed E-state index contributed by atoms with van der Waals surface area (Å²) in [5.74, 6) is 0.348. The lowest BCUT2D eigenvalue weighted by Crippen LogP contribution is -2.22. The molecule has 0 aliphatic heterocycles. The molecule has 3 rings (SSSR count). The summed E-state index contributed by atoms with van der Waals surface area (Å²) in [6.07, 6.45) is 0. The Morgan fingerprint density at radius 1 is 1.03 bits per heavy atom. The van der Waals surface area contributed by atoms with Gasteiger partial charge >= 0.3 is 5.97 Å². The zero-order valence-electron chi connectivity index (χ0n) is 16.3. The number of furan rings is 1. The van der Waals surface area contributed by atoms with Crippen LogP contribution in [0.25, 0.3) is 0 Å². The quantitative estimate of drug-likeness (QED) is 0.299. The number of carbonyl (C=O) groups excluding carboxylic acids is 1. The van der Waals surface area contributed by atoms with Crippen molar-refractivity contribution in [2.75, 3.05) is 6.61 Å². The maximum atomic E-state index is 12.5. The van der Waals surface area contributed by atoms with E-state index in [2.05, 4.69) is 4.72 Å². The van der Waals surface area contributed by atoms with E-state index >= 15 is 0 Å². The highest BCUT2D eigenvalue weighted by molar-refractivity contribution is 7.89. The van der Waals surface area contributed by atoms with Gasteiger partial charge in [-0.1, -0.05) is 0 Å². The second kappa shape index (κ2) is 9.41. The fourth-order valence-electron chi connectivity index (χ4n) is 2.49. The third kappa shape index (κ3) is 5.68. The number of nitrogens with one attached hydrogen (secondary N) is 1. The van der Waals surface area contributed by atoms with Gasteiger partial charge < -0.3 is 13.9 Å². The molecule has 0 aliphatic carbocycles. The lowest BCUT2D eigenvalue weighted by Gasteiger charge is -2.08. The molecule has 0 bridgehead atoms. The van der Waals surface area contributed by atoms with Crippen LogP contribution in [-0.4, -0.2) is 25.9 Å². The highest BCUT2D eigenvalue weighted by Crippen LogP contribution is 2.25. The number of benzene rings is 2. The number of esters is 1. The SMILES string of the molecule is CCOC(=O)c1ccc(CNS(=O)(=O)c2ccc(Oc3ccc([N+](=O)[O-])cc3)cc2)o1. The Morgan fingerprint density at radius 3 is 2.23 bits per heavy atom. The standard InChI is InChI=1S/C20H18N2O8S/c1-2-28-20(23)19-12-9-17(30-19)13-21-31(26,27)18-10-7-16(8-11-18)29-15-5-3-14(4-6-15)22(24)25/h3-12,21H,2,13H2,1H3. The summed E-state index contributed by atoms with van der Waals surface area (Å²) in [4.78, 5) is 21.8. The number of hydrogen-bond donors (Lipinski definition) is 1. The fraction of sp³-hybridized carbons (Fsp3) is 0.150. The molecule has 0 amide bonds. The summed E-state index contributed by atoms with van der Waals surface area (Å²) >= 11 is 0. The maximum Gasteiger partial charge on any atom is 0.374 e. The van der Waals surface area contributed by atoms with Crippen molar-refractivity contribution in [1.82, 2.24) is 4.72 Å². The van der Waals surface area contributed by atoms with Gasteiger partial charge in [0.05, 0.1) is 23.0 Å². The monoisotopic (exact) mass is 446 g/mol. The van der Waals surface area contributed by atoms with Crippen molar-refractivity contribution in [2.24, 2.45) is 0 Å². The summed E-state index contributed by atoms with van der Waals surface area (Å²) in [7, 11) is -3.84. The third-order valence-corrected chi connectivity index (χ3v) is 5.41. The van der Waals surface area contributed by atoms with Crippen molar-refractivity contribution in [3.63, 3.8) is 0 Å². The molecule has 0 fully saturated rings.